The molecule has 0 bridgehead atoms. The molecule has 0 unspecified atom stereocenters. The second-order valence-corrected chi connectivity index (χ2v) is 6.66. The lowest BCUT2D eigenvalue weighted by Gasteiger charge is -2.10. The Balaban J connectivity index is 2.01. The van der Waals surface area contributed by atoms with E-state index >= 15 is 0 Å². The van der Waals surface area contributed by atoms with Crippen LogP contribution in [0.25, 0.3) is 10.9 Å². The van der Waals surface area contributed by atoms with Crippen LogP contribution in [0.4, 0.5) is 0 Å². The van der Waals surface area contributed by atoms with Gasteiger partial charge >= 0.3 is 10.1 Å². The van der Waals surface area contributed by atoms with E-state index in [9.17, 15) is 8.42 Å². The predicted octanol–water partition coefficient (Wildman–Crippen LogP) is 3.62. The molecule has 1 heterocycles. The molecule has 0 N–H and O–H groups in total. The number of benzene rings is 2. The van der Waals surface area contributed by atoms with Crippen LogP contribution in [0, 0.1) is 13.8 Å². The molecule has 0 aliphatic rings. The number of pyridine rings is 1. The van der Waals surface area contributed by atoms with E-state index in [-0.39, 0.29) is 10.6 Å². The number of nitrogens with zero attached hydrogens (tertiary/aromatic N) is 1. The summed E-state index contributed by atoms with van der Waals surface area (Å²) in [5.74, 6) is 0.249. The number of hydrogen-bond acceptors (Lipinski definition) is 4. The fraction of sp³-hybridized carbons (Fsp3) is 0.118. The summed E-state index contributed by atoms with van der Waals surface area (Å²) in [5.41, 5.74) is 2.33. The van der Waals surface area contributed by atoms with Crippen LogP contribution < -0.4 is 4.18 Å². The minimum absolute atomic E-state index is 0.130. The van der Waals surface area contributed by atoms with Crippen molar-refractivity contribution in [3.63, 3.8) is 0 Å². The zero-order valence-corrected chi connectivity index (χ0v) is 13.1. The topological polar surface area (TPSA) is 56.3 Å². The molecule has 0 amide bonds. The van der Waals surface area contributed by atoms with Gasteiger partial charge in [-0.25, -0.2) is 4.98 Å². The van der Waals surface area contributed by atoms with Gasteiger partial charge in [0.15, 0.2) is 5.75 Å². The summed E-state index contributed by atoms with van der Waals surface area (Å²) in [6.45, 7) is 3.63. The van der Waals surface area contributed by atoms with Gasteiger partial charge in [0.25, 0.3) is 0 Å². The molecule has 1 aromatic heterocycles. The Morgan fingerprint density at radius 1 is 0.955 bits per heavy atom. The van der Waals surface area contributed by atoms with Crippen molar-refractivity contribution in [1.29, 1.82) is 0 Å². The molecule has 0 atom stereocenters. The number of hydrogen-bond donors (Lipinski definition) is 0. The maximum absolute atomic E-state index is 12.4. The van der Waals surface area contributed by atoms with Crippen molar-refractivity contribution < 1.29 is 12.6 Å². The zero-order chi connectivity index (χ0) is 15.7. The van der Waals surface area contributed by atoms with Gasteiger partial charge in [-0.1, -0.05) is 35.9 Å². The van der Waals surface area contributed by atoms with Crippen LogP contribution in [0.2, 0.25) is 0 Å². The van der Waals surface area contributed by atoms with Crippen molar-refractivity contribution in [1.82, 2.24) is 4.98 Å². The smallest absolute Gasteiger partial charge is 0.339 e. The van der Waals surface area contributed by atoms with Gasteiger partial charge in [-0.15, -0.1) is 0 Å². The molecule has 0 radical (unpaired) electrons. The van der Waals surface area contributed by atoms with E-state index < -0.39 is 10.1 Å². The van der Waals surface area contributed by atoms with Gasteiger partial charge in [0.05, 0.1) is 11.2 Å². The van der Waals surface area contributed by atoms with Crippen molar-refractivity contribution in [3.8, 4) is 5.75 Å². The van der Waals surface area contributed by atoms with E-state index in [0.29, 0.717) is 5.69 Å². The van der Waals surface area contributed by atoms with Gasteiger partial charge in [-0.3, -0.25) is 0 Å². The minimum Gasteiger partial charge on any atom is -0.377 e. The number of aromatic nitrogens is 1. The highest BCUT2D eigenvalue weighted by molar-refractivity contribution is 7.87. The van der Waals surface area contributed by atoms with E-state index in [1.54, 1.807) is 25.1 Å². The first-order valence-corrected chi connectivity index (χ1v) is 8.24. The van der Waals surface area contributed by atoms with E-state index in [2.05, 4.69) is 4.98 Å². The third-order valence-corrected chi connectivity index (χ3v) is 4.63. The van der Waals surface area contributed by atoms with Gasteiger partial charge in [-0.2, -0.15) is 8.42 Å². The summed E-state index contributed by atoms with van der Waals surface area (Å²) in [5, 5.41) is 0.835. The monoisotopic (exact) mass is 313 g/mol. The lowest BCUT2D eigenvalue weighted by atomic mass is 10.2. The molecule has 0 spiro atoms. The molecule has 4 nitrogen and oxygen atoms in total. The van der Waals surface area contributed by atoms with E-state index in [4.69, 9.17) is 4.18 Å². The summed E-state index contributed by atoms with van der Waals surface area (Å²) in [4.78, 5) is 4.51. The highest BCUT2D eigenvalue weighted by Gasteiger charge is 2.18. The second-order valence-electron chi connectivity index (χ2n) is 5.12. The first-order chi connectivity index (χ1) is 10.5. The van der Waals surface area contributed by atoms with Crippen LogP contribution >= 0.6 is 0 Å². The van der Waals surface area contributed by atoms with Gasteiger partial charge in [0, 0.05) is 5.39 Å². The van der Waals surface area contributed by atoms with Crippen LogP contribution in [0.1, 0.15) is 11.3 Å². The summed E-state index contributed by atoms with van der Waals surface area (Å²) in [6, 6.07) is 15.7. The molecule has 0 aliphatic heterocycles. The van der Waals surface area contributed by atoms with Crippen molar-refractivity contribution in [2.45, 2.75) is 18.7 Å². The van der Waals surface area contributed by atoms with Crippen LogP contribution in [0.3, 0.4) is 0 Å². The standard InChI is InChI=1S/C17H15NO3S/c1-12-7-9-15(10-8-12)22(19,20)21-17-11-14-5-3-4-6-16(14)18-13(17)2/h3-11H,1-2H3. The van der Waals surface area contributed by atoms with Crippen LogP contribution in [0.15, 0.2) is 59.5 Å². The maximum atomic E-state index is 12.4. The third-order valence-electron chi connectivity index (χ3n) is 3.38. The van der Waals surface area contributed by atoms with Gasteiger partial charge in [-0.05, 0) is 38.1 Å². The van der Waals surface area contributed by atoms with E-state index in [1.807, 2.05) is 31.2 Å². The first kappa shape index (κ1) is 14.5. The summed E-state index contributed by atoms with van der Waals surface area (Å²) < 4.78 is 30.0. The molecule has 3 rings (SSSR count). The number of aryl methyl sites for hydroxylation is 2. The summed E-state index contributed by atoms with van der Waals surface area (Å²) in [7, 11) is -3.86. The minimum atomic E-state index is -3.86. The molecule has 0 saturated carbocycles. The lowest BCUT2D eigenvalue weighted by molar-refractivity contribution is 0.483. The highest BCUT2D eigenvalue weighted by atomic mass is 32.2. The van der Waals surface area contributed by atoms with Crippen LogP contribution in [0.5, 0.6) is 5.75 Å². The average molecular weight is 313 g/mol. The molecular formula is C17H15NO3S. The van der Waals surface area contributed by atoms with Crippen LogP contribution in [-0.4, -0.2) is 13.4 Å². The molecular weight excluding hydrogens is 298 g/mol. The Morgan fingerprint density at radius 2 is 1.64 bits per heavy atom. The molecule has 22 heavy (non-hydrogen) atoms. The summed E-state index contributed by atoms with van der Waals surface area (Å²) >= 11 is 0. The molecule has 3 aromatic rings. The zero-order valence-electron chi connectivity index (χ0n) is 12.3. The molecule has 0 aliphatic carbocycles. The SMILES string of the molecule is Cc1ccc(S(=O)(=O)Oc2cc3ccccc3nc2C)cc1. The van der Waals surface area contributed by atoms with Gasteiger partial charge in [0.2, 0.25) is 0 Å². The van der Waals surface area contributed by atoms with Crippen molar-refractivity contribution in [2.75, 3.05) is 0 Å². The van der Waals surface area contributed by atoms with Crippen molar-refractivity contribution in [2.24, 2.45) is 0 Å². The first-order valence-electron chi connectivity index (χ1n) is 6.83. The van der Waals surface area contributed by atoms with Crippen molar-refractivity contribution >= 4 is 21.0 Å². The molecule has 2 aromatic carbocycles. The molecule has 5 heteroatoms. The highest BCUT2D eigenvalue weighted by Crippen LogP contribution is 2.25. The number of para-hydroxylation sites is 1. The van der Waals surface area contributed by atoms with Crippen LogP contribution in [-0.2, 0) is 10.1 Å². The maximum Gasteiger partial charge on any atom is 0.339 e. The molecule has 0 saturated heterocycles. The van der Waals surface area contributed by atoms with E-state index in [1.165, 1.54) is 12.1 Å². The van der Waals surface area contributed by atoms with Gasteiger partial charge in [0.1, 0.15) is 4.90 Å². The van der Waals surface area contributed by atoms with E-state index in [0.717, 1.165) is 16.5 Å². The molecule has 112 valence electrons. The Morgan fingerprint density at radius 3 is 2.36 bits per heavy atom. The average Bonchev–Trinajstić information content (AvgIpc) is 2.48. The number of fused-ring (bicyclic) bond motifs is 1. The fourth-order valence-electron chi connectivity index (χ4n) is 2.15. The predicted molar refractivity (Wildman–Crippen MR) is 85.5 cm³/mol. The largest absolute Gasteiger partial charge is 0.377 e. The Hall–Kier alpha value is -2.40. The van der Waals surface area contributed by atoms with Gasteiger partial charge < -0.3 is 4.18 Å². The Bertz CT molecular complexity index is 932. The Labute approximate surface area is 129 Å². The lowest BCUT2D eigenvalue weighted by Crippen LogP contribution is -2.11. The normalized spacial score (nSPS) is 11.5. The number of rotatable bonds is 3. The second kappa shape index (κ2) is 5.42. The van der Waals surface area contributed by atoms with Crippen molar-refractivity contribution in [3.05, 3.63) is 65.9 Å². The summed E-state index contributed by atoms with van der Waals surface area (Å²) in [6.07, 6.45) is 0. The molecule has 0 fully saturated rings. The third kappa shape index (κ3) is 2.80. The fourth-order valence-corrected chi connectivity index (χ4v) is 3.12. The quantitative estimate of drug-likeness (QED) is 0.693. The Kier molecular flexibility index (Phi) is 3.58.